The van der Waals surface area contributed by atoms with Crippen LogP contribution in [0.4, 0.5) is 5.82 Å². The van der Waals surface area contributed by atoms with Crippen molar-refractivity contribution in [2.24, 2.45) is 5.92 Å². The van der Waals surface area contributed by atoms with E-state index < -0.39 is 0 Å². The maximum absolute atomic E-state index is 11.0. The summed E-state index contributed by atoms with van der Waals surface area (Å²) >= 11 is 1.79. The van der Waals surface area contributed by atoms with Gasteiger partial charge in [0.2, 0.25) is 0 Å². The van der Waals surface area contributed by atoms with E-state index in [1.54, 1.807) is 17.7 Å². The quantitative estimate of drug-likeness (QED) is 0.850. The van der Waals surface area contributed by atoms with Crippen LogP contribution in [0.5, 0.6) is 0 Å². The van der Waals surface area contributed by atoms with Gasteiger partial charge in [0.1, 0.15) is 23.3 Å². The first-order valence-electron chi connectivity index (χ1n) is 8.72. The number of carbonyl (C=O) groups is 1. The van der Waals surface area contributed by atoms with Gasteiger partial charge in [-0.1, -0.05) is 6.92 Å². The number of aryl methyl sites for hydroxylation is 1. The monoisotopic (exact) mass is 329 g/mol. The van der Waals surface area contributed by atoms with Gasteiger partial charge in [0.05, 0.1) is 5.39 Å². The van der Waals surface area contributed by atoms with Crippen LogP contribution in [0.1, 0.15) is 61.8 Å². The Bertz CT molecular complexity index is 718. The molecule has 1 N–H and O–H groups in total. The highest BCUT2D eigenvalue weighted by Crippen LogP contribution is 2.46. The minimum atomic E-state index is 0.356. The summed E-state index contributed by atoms with van der Waals surface area (Å²) in [6, 6.07) is 0.519. The smallest absolute Gasteiger partial charge is 0.138 e. The summed E-state index contributed by atoms with van der Waals surface area (Å²) in [4.78, 5) is 22.5. The van der Waals surface area contributed by atoms with Crippen LogP contribution in [-0.2, 0) is 11.2 Å². The molecule has 2 aromatic heterocycles. The lowest BCUT2D eigenvalue weighted by Gasteiger charge is -2.27. The van der Waals surface area contributed by atoms with Crippen molar-refractivity contribution in [2.75, 3.05) is 5.32 Å². The zero-order valence-corrected chi connectivity index (χ0v) is 14.4. The molecular weight excluding hydrogens is 306 g/mol. The van der Waals surface area contributed by atoms with Gasteiger partial charge >= 0.3 is 0 Å². The molecule has 0 aromatic carbocycles. The third kappa shape index (κ3) is 2.75. The Morgan fingerprint density at radius 3 is 2.87 bits per heavy atom. The van der Waals surface area contributed by atoms with Gasteiger partial charge in [-0.25, -0.2) is 9.97 Å². The van der Waals surface area contributed by atoms with E-state index in [2.05, 4.69) is 22.2 Å². The molecule has 4 rings (SSSR count). The van der Waals surface area contributed by atoms with E-state index in [1.165, 1.54) is 41.5 Å². The fourth-order valence-corrected chi connectivity index (χ4v) is 5.37. The molecule has 2 aliphatic carbocycles. The van der Waals surface area contributed by atoms with E-state index in [0.29, 0.717) is 18.4 Å². The first-order chi connectivity index (χ1) is 11.3. The molecule has 122 valence electrons. The van der Waals surface area contributed by atoms with Crippen molar-refractivity contribution in [3.8, 4) is 0 Å². The average molecular weight is 329 g/mol. The molecule has 2 aliphatic rings. The van der Waals surface area contributed by atoms with Crippen molar-refractivity contribution in [1.29, 1.82) is 0 Å². The molecular formula is C18H23N3OS. The second-order valence-corrected chi connectivity index (χ2v) is 8.16. The van der Waals surface area contributed by atoms with Crippen LogP contribution in [0.3, 0.4) is 0 Å². The second-order valence-electron chi connectivity index (χ2n) is 7.08. The van der Waals surface area contributed by atoms with Crippen molar-refractivity contribution in [3.63, 3.8) is 0 Å². The maximum atomic E-state index is 11.0. The third-order valence-electron chi connectivity index (χ3n) is 5.47. The van der Waals surface area contributed by atoms with Crippen LogP contribution in [0.25, 0.3) is 10.2 Å². The fraction of sp³-hybridized carbons (Fsp3) is 0.611. The largest absolute Gasteiger partial charge is 0.367 e. The summed E-state index contributed by atoms with van der Waals surface area (Å²) in [7, 11) is 0. The van der Waals surface area contributed by atoms with Crippen LogP contribution in [0.2, 0.25) is 0 Å². The lowest BCUT2D eigenvalue weighted by molar-refractivity contribution is -0.108. The maximum Gasteiger partial charge on any atom is 0.138 e. The Labute approximate surface area is 140 Å². The van der Waals surface area contributed by atoms with E-state index in [1.807, 2.05) is 0 Å². The third-order valence-corrected chi connectivity index (χ3v) is 6.64. The van der Waals surface area contributed by atoms with Gasteiger partial charge in [0, 0.05) is 17.3 Å². The SMILES string of the molecule is CC1CCC(Nc2ncnc3sc4c(c23)C(CC=O)CC4)CC1. The van der Waals surface area contributed by atoms with E-state index in [0.717, 1.165) is 35.7 Å². The summed E-state index contributed by atoms with van der Waals surface area (Å²) < 4.78 is 0. The number of nitrogens with one attached hydrogen (secondary N) is 1. The van der Waals surface area contributed by atoms with Crippen LogP contribution < -0.4 is 5.32 Å². The number of nitrogens with zero attached hydrogens (tertiary/aromatic N) is 2. The van der Waals surface area contributed by atoms with Crippen molar-refractivity contribution in [3.05, 3.63) is 16.8 Å². The number of aldehydes is 1. The van der Waals surface area contributed by atoms with Crippen molar-refractivity contribution in [2.45, 2.75) is 63.8 Å². The number of hydrogen-bond donors (Lipinski definition) is 1. The average Bonchev–Trinajstić information content (AvgIpc) is 3.10. The van der Waals surface area contributed by atoms with Crippen molar-refractivity contribution in [1.82, 2.24) is 9.97 Å². The minimum Gasteiger partial charge on any atom is -0.367 e. The fourth-order valence-electron chi connectivity index (χ4n) is 4.13. The highest BCUT2D eigenvalue weighted by atomic mass is 32.1. The number of thiophene rings is 1. The molecule has 1 fully saturated rings. The molecule has 1 saturated carbocycles. The Hall–Kier alpha value is -1.49. The Balaban J connectivity index is 1.68. The second kappa shape index (κ2) is 6.19. The highest BCUT2D eigenvalue weighted by Gasteiger charge is 2.30. The van der Waals surface area contributed by atoms with Gasteiger partial charge in [-0.15, -0.1) is 11.3 Å². The zero-order valence-electron chi connectivity index (χ0n) is 13.5. The Morgan fingerprint density at radius 1 is 1.26 bits per heavy atom. The molecule has 2 heterocycles. The predicted molar refractivity (Wildman–Crippen MR) is 94.2 cm³/mol. The lowest BCUT2D eigenvalue weighted by Crippen LogP contribution is -2.25. The zero-order chi connectivity index (χ0) is 15.8. The van der Waals surface area contributed by atoms with Crippen LogP contribution in [0, 0.1) is 5.92 Å². The molecule has 0 radical (unpaired) electrons. The predicted octanol–water partition coefficient (Wildman–Crippen LogP) is 4.30. The van der Waals surface area contributed by atoms with Gasteiger partial charge in [0.15, 0.2) is 0 Å². The van der Waals surface area contributed by atoms with Crippen molar-refractivity contribution >= 4 is 33.7 Å². The van der Waals surface area contributed by atoms with Crippen molar-refractivity contribution < 1.29 is 4.79 Å². The molecule has 5 heteroatoms. The molecule has 23 heavy (non-hydrogen) atoms. The summed E-state index contributed by atoms with van der Waals surface area (Å²) in [6.07, 6.45) is 10.5. The van der Waals surface area contributed by atoms with Gasteiger partial charge in [-0.05, 0) is 55.9 Å². The Kier molecular flexibility index (Phi) is 4.05. The number of aromatic nitrogens is 2. The molecule has 2 aromatic rings. The van der Waals surface area contributed by atoms with Gasteiger partial charge in [-0.2, -0.15) is 0 Å². The number of carbonyl (C=O) groups excluding carboxylic acids is 1. The van der Waals surface area contributed by atoms with E-state index in [4.69, 9.17) is 0 Å². The number of hydrogen-bond acceptors (Lipinski definition) is 5. The number of rotatable bonds is 4. The first-order valence-corrected chi connectivity index (χ1v) is 9.54. The molecule has 4 nitrogen and oxygen atoms in total. The molecule has 1 atom stereocenters. The van der Waals surface area contributed by atoms with Gasteiger partial charge in [0.25, 0.3) is 0 Å². The van der Waals surface area contributed by atoms with E-state index in [-0.39, 0.29) is 0 Å². The molecule has 0 spiro atoms. The Morgan fingerprint density at radius 2 is 2.09 bits per heavy atom. The molecule has 0 bridgehead atoms. The normalized spacial score (nSPS) is 27.1. The molecule has 0 aliphatic heterocycles. The van der Waals surface area contributed by atoms with E-state index >= 15 is 0 Å². The van der Waals surface area contributed by atoms with Crippen LogP contribution in [0.15, 0.2) is 6.33 Å². The summed E-state index contributed by atoms with van der Waals surface area (Å²) in [5.74, 6) is 2.19. The number of fused-ring (bicyclic) bond motifs is 3. The standard InChI is InChI=1S/C18H23N3OS/c1-11-2-5-13(6-3-11)21-17-16-15-12(8-9-22)4-7-14(15)23-18(16)20-10-19-17/h9-13H,2-8H2,1H3,(H,19,20,21). The van der Waals surface area contributed by atoms with Crippen LogP contribution in [-0.4, -0.2) is 22.3 Å². The highest BCUT2D eigenvalue weighted by molar-refractivity contribution is 7.19. The first kappa shape index (κ1) is 15.1. The molecule has 1 unspecified atom stereocenters. The summed E-state index contributed by atoms with van der Waals surface area (Å²) in [5.41, 5.74) is 1.35. The van der Waals surface area contributed by atoms with Gasteiger partial charge < -0.3 is 10.1 Å². The topological polar surface area (TPSA) is 54.9 Å². The molecule has 0 amide bonds. The summed E-state index contributed by atoms with van der Waals surface area (Å²) in [5, 5.41) is 4.88. The van der Waals surface area contributed by atoms with Gasteiger partial charge in [-0.3, -0.25) is 0 Å². The number of anilines is 1. The lowest BCUT2D eigenvalue weighted by atomic mass is 9.87. The summed E-state index contributed by atoms with van der Waals surface area (Å²) in [6.45, 7) is 2.34. The molecule has 0 saturated heterocycles. The van der Waals surface area contributed by atoms with E-state index in [9.17, 15) is 4.79 Å². The minimum absolute atomic E-state index is 0.356. The van der Waals surface area contributed by atoms with Crippen LogP contribution >= 0.6 is 11.3 Å².